The minimum atomic E-state index is -0.365. The van der Waals surface area contributed by atoms with E-state index in [1.54, 1.807) is 36.4 Å². The molecule has 8 heteroatoms. The number of amidine groups is 1. The number of rotatable bonds is 2. The van der Waals surface area contributed by atoms with Gasteiger partial charge in [-0.2, -0.15) is 0 Å². The van der Waals surface area contributed by atoms with Crippen LogP contribution < -0.4 is 0 Å². The Balaban J connectivity index is 1.78. The van der Waals surface area contributed by atoms with Gasteiger partial charge in [-0.1, -0.05) is 28.9 Å². The SMILES string of the molecule is CN1CCN(/C(=N\O)C2=Nc3ccc(Cl)cc3C(c3ccccc3F)=NC2)CC1. The molecule has 2 aromatic carbocycles. The van der Waals surface area contributed by atoms with Gasteiger partial charge in [0.25, 0.3) is 0 Å². The molecule has 2 heterocycles. The summed E-state index contributed by atoms with van der Waals surface area (Å²) in [6.07, 6.45) is 0. The van der Waals surface area contributed by atoms with Crippen molar-refractivity contribution < 1.29 is 9.60 Å². The Bertz CT molecular complexity index is 1010. The molecule has 0 atom stereocenters. The maximum atomic E-state index is 14.5. The van der Waals surface area contributed by atoms with E-state index in [4.69, 9.17) is 16.6 Å². The fourth-order valence-electron chi connectivity index (χ4n) is 3.54. The van der Waals surface area contributed by atoms with Crippen LogP contribution in [0.4, 0.5) is 10.1 Å². The third-order valence-electron chi connectivity index (χ3n) is 5.14. The number of piperazine rings is 1. The number of nitrogens with zero attached hydrogens (tertiary/aromatic N) is 5. The summed E-state index contributed by atoms with van der Waals surface area (Å²) in [5.41, 5.74) is 2.66. The monoisotopic (exact) mass is 413 g/mol. The van der Waals surface area contributed by atoms with Gasteiger partial charge in [0.2, 0.25) is 0 Å². The smallest absolute Gasteiger partial charge is 0.191 e. The van der Waals surface area contributed by atoms with Crippen molar-refractivity contribution in [2.24, 2.45) is 15.1 Å². The Labute approximate surface area is 173 Å². The van der Waals surface area contributed by atoms with E-state index in [0.717, 1.165) is 26.2 Å². The Hall–Kier alpha value is -2.77. The lowest BCUT2D eigenvalue weighted by atomic mass is 10.0. The Morgan fingerprint density at radius 2 is 1.86 bits per heavy atom. The van der Waals surface area contributed by atoms with Gasteiger partial charge in [0, 0.05) is 42.3 Å². The highest BCUT2D eigenvalue weighted by Crippen LogP contribution is 2.29. The van der Waals surface area contributed by atoms with E-state index in [9.17, 15) is 9.60 Å². The fraction of sp³-hybridized carbons (Fsp3) is 0.286. The maximum Gasteiger partial charge on any atom is 0.191 e. The van der Waals surface area contributed by atoms with Crippen LogP contribution in [0.5, 0.6) is 0 Å². The molecule has 1 saturated heterocycles. The second-order valence-corrected chi connectivity index (χ2v) is 7.52. The number of fused-ring (bicyclic) bond motifs is 1. The van der Waals surface area contributed by atoms with Crippen molar-refractivity contribution in [3.63, 3.8) is 0 Å². The molecule has 6 nitrogen and oxygen atoms in total. The van der Waals surface area contributed by atoms with Crippen LogP contribution in [0.3, 0.4) is 0 Å². The zero-order chi connectivity index (χ0) is 20.4. The average molecular weight is 414 g/mol. The van der Waals surface area contributed by atoms with Gasteiger partial charge in [-0.15, -0.1) is 0 Å². The van der Waals surface area contributed by atoms with Gasteiger partial charge in [-0.3, -0.25) is 4.99 Å². The molecule has 2 aliphatic rings. The van der Waals surface area contributed by atoms with Crippen LogP contribution in [-0.4, -0.2) is 72.0 Å². The lowest BCUT2D eigenvalue weighted by molar-refractivity contribution is 0.209. The molecule has 0 radical (unpaired) electrons. The topological polar surface area (TPSA) is 63.8 Å². The molecule has 1 fully saturated rings. The predicted molar refractivity (Wildman–Crippen MR) is 114 cm³/mol. The summed E-state index contributed by atoms with van der Waals surface area (Å²) in [7, 11) is 2.06. The summed E-state index contributed by atoms with van der Waals surface area (Å²) in [4.78, 5) is 13.6. The normalized spacial score (nSPS) is 18.0. The van der Waals surface area contributed by atoms with Gasteiger partial charge in [0.15, 0.2) is 5.84 Å². The summed E-state index contributed by atoms with van der Waals surface area (Å²) in [5.74, 6) is 0.0354. The molecule has 2 aromatic rings. The second-order valence-electron chi connectivity index (χ2n) is 7.08. The maximum absolute atomic E-state index is 14.5. The third-order valence-corrected chi connectivity index (χ3v) is 5.38. The van der Waals surface area contributed by atoms with Crippen LogP contribution in [0.25, 0.3) is 0 Å². The van der Waals surface area contributed by atoms with Crippen LogP contribution in [0.2, 0.25) is 5.02 Å². The summed E-state index contributed by atoms with van der Waals surface area (Å²) < 4.78 is 14.5. The van der Waals surface area contributed by atoms with Gasteiger partial charge in [-0.05, 0) is 37.4 Å². The number of likely N-dealkylation sites (N-methyl/N-ethyl adjacent to an activating group) is 1. The summed E-state index contributed by atoms with van der Waals surface area (Å²) in [5, 5.41) is 13.8. The lowest BCUT2D eigenvalue weighted by Crippen LogP contribution is -2.49. The summed E-state index contributed by atoms with van der Waals surface area (Å²) in [6, 6.07) is 11.7. The minimum absolute atomic E-state index is 0.168. The number of benzene rings is 2. The van der Waals surface area contributed by atoms with Crippen LogP contribution >= 0.6 is 11.6 Å². The largest absolute Gasteiger partial charge is 0.409 e. The minimum Gasteiger partial charge on any atom is -0.409 e. The van der Waals surface area contributed by atoms with Crippen LogP contribution in [0.1, 0.15) is 11.1 Å². The van der Waals surface area contributed by atoms with E-state index >= 15 is 0 Å². The van der Waals surface area contributed by atoms with Crippen LogP contribution in [-0.2, 0) is 0 Å². The molecule has 0 unspecified atom stereocenters. The molecular weight excluding hydrogens is 393 g/mol. The second kappa shape index (κ2) is 8.31. The highest BCUT2D eigenvalue weighted by atomic mass is 35.5. The standard InChI is InChI=1S/C21H21ClFN5O/c1-27-8-10-28(11-9-27)21(26-29)19-13-24-20(15-4-2-3-5-17(15)23)16-12-14(22)6-7-18(16)25-19/h2-7,12,29H,8-11,13H2,1H3/b26-21-. The van der Waals surface area contributed by atoms with E-state index in [2.05, 4.69) is 22.1 Å². The van der Waals surface area contributed by atoms with Crippen molar-refractivity contribution >= 4 is 34.5 Å². The molecule has 1 N–H and O–H groups in total. The number of hydrogen-bond acceptors (Lipinski definition) is 5. The number of hydrogen-bond donors (Lipinski definition) is 1. The predicted octanol–water partition coefficient (Wildman–Crippen LogP) is 3.44. The molecule has 0 amide bonds. The van der Waals surface area contributed by atoms with Crippen molar-refractivity contribution in [1.82, 2.24) is 9.80 Å². The highest BCUT2D eigenvalue weighted by Gasteiger charge is 2.25. The molecule has 0 aliphatic carbocycles. The zero-order valence-corrected chi connectivity index (χ0v) is 16.8. The van der Waals surface area contributed by atoms with E-state index in [1.165, 1.54) is 6.07 Å². The molecular formula is C21H21ClFN5O. The van der Waals surface area contributed by atoms with E-state index in [-0.39, 0.29) is 12.4 Å². The first-order valence-corrected chi connectivity index (χ1v) is 9.77. The van der Waals surface area contributed by atoms with E-state index < -0.39 is 0 Å². The molecule has 0 spiro atoms. The van der Waals surface area contributed by atoms with Gasteiger partial charge in [0.1, 0.15) is 11.5 Å². The molecule has 0 aromatic heterocycles. The van der Waals surface area contributed by atoms with Crippen LogP contribution in [0, 0.1) is 5.82 Å². The Morgan fingerprint density at radius 3 is 2.59 bits per heavy atom. The molecule has 0 saturated carbocycles. The average Bonchev–Trinajstić information content (AvgIpc) is 2.90. The first-order chi connectivity index (χ1) is 14.1. The van der Waals surface area contributed by atoms with Gasteiger partial charge >= 0.3 is 0 Å². The first-order valence-electron chi connectivity index (χ1n) is 9.39. The van der Waals surface area contributed by atoms with Crippen molar-refractivity contribution in [1.29, 1.82) is 0 Å². The van der Waals surface area contributed by atoms with E-state index in [1.807, 2.05) is 4.90 Å². The summed E-state index contributed by atoms with van der Waals surface area (Å²) in [6.45, 7) is 3.35. The lowest BCUT2D eigenvalue weighted by Gasteiger charge is -2.34. The molecule has 150 valence electrons. The van der Waals surface area contributed by atoms with Gasteiger partial charge in [-0.25, -0.2) is 9.38 Å². The van der Waals surface area contributed by atoms with Crippen molar-refractivity contribution in [2.45, 2.75) is 0 Å². The molecule has 2 aliphatic heterocycles. The summed E-state index contributed by atoms with van der Waals surface area (Å²) >= 11 is 6.21. The van der Waals surface area contributed by atoms with Crippen molar-refractivity contribution in [2.75, 3.05) is 39.8 Å². The zero-order valence-electron chi connectivity index (χ0n) is 16.0. The molecule has 0 bridgehead atoms. The van der Waals surface area contributed by atoms with E-state index in [0.29, 0.717) is 39.1 Å². The molecule has 29 heavy (non-hydrogen) atoms. The number of aliphatic imine (C=N–C) groups is 2. The highest BCUT2D eigenvalue weighted by molar-refractivity contribution is 6.43. The van der Waals surface area contributed by atoms with Crippen LogP contribution in [0.15, 0.2) is 57.6 Å². The third kappa shape index (κ3) is 4.02. The Morgan fingerprint density at radius 1 is 1.10 bits per heavy atom. The van der Waals surface area contributed by atoms with Gasteiger partial charge < -0.3 is 15.0 Å². The fourth-order valence-corrected chi connectivity index (χ4v) is 3.71. The first kappa shape index (κ1) is 19.5. The molecule has 4 rings (SSSR count). The van der Waals surface area contributed by atoms with Crippen molar-refractivity contribution in [3.8, 4) is 0 Å². The van der Waals surface area contributed by atoms with Gasteiger partial charge in [0.05, 0.1) is 17.9 Å². The number of oxime groups is 1. The Kier molecular flexibility index (Phi) is 5.60. The number of halogens is 2. The van der Waals surface area contributed by atoms with Crippen molar-refractivity contribution in [3.05, 3.63) is 64.4 Å². The quantitative estimate of drug-likeness (QED) is 0.355.